The van der Waals surface area contributed by atoms with Crippen molar-refractivity contribution in [2.24, 2.45) is 0 Å². The molecular weight excluding hydrogens is 562 g/mol. The topological polar surface area (TPSA) is 15.9 Å². The lowest BCUT2D eigenvalue weighted by Gasteiger charge is -2.39. The van der Waals surface area contributed by atoms with Gasteiger partial charge in [0.05, 0.1) is 22.3 Å². The summed E-state index contributed by atoms with van der Waals surface area (Å²) < 4.78 is 72.2. The van der Waals surface area contributed by atoms with E-state index < -0.39 is 13.9 Å². The maximum absolute atomic E-state index is 16.8. The van der Waals surface area contributed by atoms with Crippen LogP contribution in [0.15, 0.2) is 48.5 Å². The summed E-state index contributed by atoms with van der Waals surface area (Å²) in [6.07, 6.45) is 5.37. The second kappa shape index (κ2) is 7.48. The monoisotopic (exact) mass is 590 g/mol. The van der Waals surface area contributed by atoms with Crippen molar-refractivity contribution >= 4 is 48.9 Å². The molecule has 0 atom stereocenters. The normalized spacial score (nSPS) is 23.7. The van der Waals surface area contributed by atoms with Gasteiger partial charge in [-0.3, -0.25) is 0 Å². The molecule has 0 radical (unpaired) electrons. The molecule has 0 saturated carbocycles. The highest BCUT2D eigenvalue weighted by atomic mass is 19.3. The van der Waals surface area contributed by atoms with Gasteiger partial charge in [-0.15, -0.1) is 0 Å². The van der Waals surface area contributed by atoms with Crippen LogP contribution in [0, 0.1) is 13.8 Å². The molecule has 4 aromatic rings. The van der Waals surface area contributed by atoms with Crippen molar-refractivity contribution in [3.05, 3.63) is 116 Å². The van der Waals surface area contributed by atoms with E-state index in [0.717, 1.165) is 57.3 Å². The van der Waals surface area contributed by atoms with E-state index in [1.807, 2.05) is 60.7 Å². The van der Waals surface area contributed by atoms with Crippen LogP contribution in [-0.4, -0.2) is 43.3 Å². The second-order valence-electron chi connectivity index (χ2n) is 13.3. The molecule has 0 amide bonds. The van der Waals surface area contributed by atoms with Crippen molar-refractivity contribution in [3.63, 3.8) is 0 Å². The van der Waals surface area contributed by atoms with Gasteiger partial charge >= 0.3 is 13.9 Å². The molecular formula is C34H28B2F4N4. The van der Waals surface area contributed by atoms with Crippen molar-refractivity contribution in [2.45, 2.75) is 52.4 Å². The fraction of sp³-hybridized carbons (Fsp3) is 0.235. The number of rotatable bonds is 0. The van der Waals surface area contributed by atoms with Crippen LogP contribution in [-0.2, 0) is 0 Å². The first kappa shape index (κ1) is 25.0. The Morgan fingerprint density at radius 1 is 0.568 bits per heavy atom. The smallest absolute Gasteiger partial charge is 0.393 e. The summed E-state index contributed by atoms with van der Waals surface area (Å²) in [5.74, 6) is -0.432. The first-order chi connectivity index (χ1) is 21.0. The minimum absolute atomic E-state index is 0.199. The molecule has 2 aromatic heterocycles. The average Bonchev–Trinajstić information content (AvgIpc) is 3.69. The van der Waals surface area contributed by atoms with Crippen LogP contribution >= 0.6 is 0 Å². The highest BCUT2D eigenvalue weighted by Gasteiger charge is 2.60. The van der Waals surface area contributed by atoms with E-state index in [-0.39, 0.29) is 11.8 Å². The Kier molecular flexibility index (Phi) is 4.26. The lowest BCUT2D eigenvalue weighted by molar-refractivity contribution is -0.319. The molecule has 3 aliphatic carbocycles. The Balaban J connectivity index is 1.26. The molecule has 6 heterocycles. The zero-order chi connectivity index (χ0) is 30.2. The maximum Gasteiger partial charge on any atom is 0.737 e. The molecule has 7 aliphatic rings. The number of fused-ring (bicyclic) bond motifs is 9. The Bertz CT molecular complexity index is 2090. The summed E-state index contributed by atoms with van der Waals surface area (Å²) >= 11 is 0. The predicted molar refractivity (Wildman–Crippen MR) is 167 cm³/mol. The third-order valence-corrected chi connectivity index (χ3v) is 11.5. The van der Waals surface area contributed by atoms with Gasteiger partial charge in [-0.2, -0.15) is 0 Å². The summed E-state index contributed by atoms with van der Waals surface area (Å²) in [7, 11) is 0. The number of aromatic nitrogens is 2. The van der Waals surface area contributed by atoms with Crippen LogP contribution in [0.25, 0.3) is 23.5 Å². The van der Waals surface area contributed by atoms with Crippen molar-refractivity contribution in [2.75, 3.05) is 0 Å². The molecule has 10 heteroatoms. The van der Waals surface area contributed by atoms with Crippen LogP contribution < -0.4 is 0 Å². The van der Waals surface area contributed by atoms with Crippen LogP contribution in [0.5, 0.6) is 0 Å². The van der Waals surface area contributed by atoms with Gasteiger partial charge in [0, 0.05) is 49.2 Å². The third-order valence-electron chi connectivity index (χ3n) is 11.5. The predicted octanol–water partition coefficient (Wildman–Crippen LogP) is 7.42. The molecule has 0 N–H and O–H groups in total. The molecule has 11 rings (SSSR count). The Morgan fingerprint density at radius 2 is 0.932 bits per heavy atom. The van der Waals surface area contributed by atoms with E-state index in [1.54, 1.807) is 27.7 Å². The quantitative estimate of drug-likeness (QED) is 0.150. The lowest BCUT2D eigenvalue weighted by atomic mass is 9.64. The summed E-state index contributed by atoms with van der Waals surface area (Å²) in [4.78, 5) is 0. The van der Waals surface area contributed by atoms with E-state index in [9.17, 15) is 0 Å². The largest absolute Gasteiger partial charge is 0.737 e. The highest BCUT2D eigenvalue weighted by molar-refractivity contribution is 6.60. The summed E-state index contributed by atoms with van der Waals surface area (Å²) in [5.41, 5.74) is 11.2. The van der Waals surface area contributed by atoms with E-state index >= 15 is 17.3 Å². The zero-order valence-electron chi connectivity index (χ0n) is 24.8. The molecule has 44 heavy (non-hydrogen) atoms. The summed E-state index contributed by atoms with van der Waals surface area (Å²) in [5, 5.41) is 0. The minimum atomic E-state index is -4.16. The Labute approximate surface area is 252 Å². The molecule has 4 aliphatic heterocycles. The Hall–Kier alpha value is -4.33. The number of benzene rings is 2. The lowest BCUT2D eigenvalue weighted by Crippen LogP contribution is -2.50. The van der Waals surface area contributed by atoms with Crippen LogP contribution in [0.1, 0.15) is 106 Å². The van der Waals surface area contributed by atoms with Crippen LogP contribution in [0.4, 0.5) is 17.3 Å². The fourth-order valence-electron chi connectivity index (χ4n) is 9.96. The number of nitrogens with zero attached hydrogens (tertiary/aromatic N) is 4. The van der Waals surface area contributed by atoms with Crippen LogP contribution in [0.2, 0.25) is 0 Å². The SMILES string of the molecule is CC1=[N+]2C(=Cc3c4c(c(C)n3[B-]2(F)F)C2CCC4c3c2c(C)n2c3C=C3c4ccccc4C(C)=[N+]3[B-]2(F)F)c2ccccc21. The zero-order valence-corrected chi connectivity index (χ0v) is 24.8. The van der Waals surface area contributed by atoms with Crippen molar-refractivity contribution in [1.29, 1.82) is 0 Å². The van der Waals surface area contributed by atoms with Gasteiger partial charge in [0.2, 0.25) is 0 Å². The van der Waals surface area contributed by atoms with Crippen LogP contribution in [0.3, 0.4) is 0 Å². The number of halogens is 4. The Morgan fingerprint density at radius 3 is 1.34 bits per heavy atom. The van der Waals surface area contributed by atoms with E-state index in [1.165, 1.54) is 17.9 Å². The van der Waals surface area contributed by atoms with E-state index in [4.69, 9.17) is 0 Å². The standard InChI is InChI=1S/C34H28B2F4N4/c1-17-21-9-5-7-11-23(21)27-15-29-33-26-14-13-25(31(33)19(3)43(29)35(37,38)41(17)27)32-20(4)44-30(34(26)32)16-28-24-12-8-6-10-22(24)18(2)42(28)36(44,39)40/h5-12,15-16,25-26H,13-14H2,1-4H3. The fourth-order valence-corrected chi connectivity index (χ4v) is 9.96. The van der Waals surface area contributed by atoms with E-state index in [2.05, 4.69) is 0 Å². The second-order valence-corrected chi connectivity index (χ2v) is 13.3. The van der Waals surface area contributed by atoms with Crippen molar-refractivity contribution in [1.82, 2.24) is 8.96 Å². The maximum atomic E-state index is 16.8. The highest BCUT2D eigenvalue weighted by Crippen LogP contribution is 2.61. The summed E-state index contributed by atoms with van der Waals surface area (Å²) in [6.45, 7) is -1.19. The van der Waals surface area contributed by atoms with Crippen molar-refractivity contribution < 1.29 is 26.2 Å². The van der Waals surface area contributed by atoms with Gasteiger partial charge in [-0.25, -0.2) is 0 Å². The molecule has 2 bridgehead atoms. The summed E-state index contributed by atoms with van der Waals surface area (Å²) in [6, 6.07) is 15.2. The molecule has 0 saturated heterocycles. The van der Waals surface area contributed by atoms with Gasteiger partial charge in [0.1, 0.15) is 11.4 Å². The van der Waals surface area contributed by atoms with Gasteiger partial charge in [-0.05, 0) is 84.6 Å². The third kappa shape index (κ3) is 2.49. The van der Waals surface area contributed by atoms with E-state index in [0.29, 0.717) is 45.6 Å². The first-order valence-electron chi connectivity index (χ1n) is 15.5. The molecule has 0 spiro atoms. The van der Waals surface area contributed by atoms with Crippen molar-refractivity contribution in [3.8, 4) is 0 Å². The van der Waals surface area contributed by atoms with Gasteiger partial charge in [-0.1, -0.05) is 24.3 Å². The molecule has 0 fully saturated rings. The number of hydrogen-bond acceptors (Lipinski definition) is 0. The molecule has 4 nitrogen and oxygen atoms in total. The molecule has 218 valence electrons. The van der Waals surface area contributed by atoms with Gasteiger partial charge < -0.3 is 35.2 Å². The number of hydrogen-bond donors (Lipinski definition) is 0. The first-order valence-corrected chi connectivity index (χ1v) is 15.5. The molecule has 0 unspecified atom stereocenters. The van der Waals surface area contributed by atoms with Gasteiger partial charge in [0.25, 0.3) is 0 Å². The van der Waals surface area contributed by atoms with Gasteiger partial charge in [0.15, 0.2) is 11.4 Å². The average molecular weight is 590 g/mol. The molecule has 2 aromatic carbocycles. The minimum Gasteiger partial charge on any atom is -0.393 e.